The molecule has 0 saturated carbocycles. The Morgan fingerprint density at radius 2 is 1.86 bits per heavy atom. The van der Waals surface area contributed by atoms with Gasteiger partial charge in [0.15, 0.2) is 0 Å². The molecule has 2 rings (SSSR count). The summed E-state index contributed by atoms with van der Waals surface area (Å²) in [6, 6.07) is 8.33. The Hall–Kier alpha value is -1.79. The summed E-state index contributed by atoms with van der Waals surface area (Å²) >= 11 is 0. The maximum absolute atomic E-state index is 12.7. The second-order valence-electron chi connectivity index (χ2n) is 4.64. The van der Waals surface area contributed by atoms with Crippen LogP contribution < -0.4 is 0 Å². The molecule has 1 aliphatic rings. The Kier molecular flexibility index (Phi) is 4.69. The first-order valence-corrected chi connectivity index (χ1v) is 7.97. The maximum Gasteiger partial charge on any atom is 0.263 e. The van der Waals surface area contributed by atoms with Crippen LogP contribution in [0.4, 0.5) is 0 Å². The number of rotatable bonds is 5. The molecule has 0 aliphatic heterocycles. The quantitative estimate of drug-likeness (QED) is 0.836. The lowest BCUT2D eigenvalue weighted by Crippen LogP contribution is -2.31. The maximum atomic E-state index is 12.7. The molecule has 0 amide bonds. The molecule has 0 aromatic heterocycles. The lowest BCUT2D eigenvalue weighted by Gasteiger charge is -2.28. The molecule has 1 aromatic carbocycles. The first-order valence-electron chi connectivity index (χ1n) is 6.53. The summed E-state index contributed by atoms with van der Waals surface area (Å²) in [6.07, 6.45) is 3.88. The second kappa shape index (κ2) is 6.32. The first kappa shape index (κ1) is 15.6. The summed E-state index contributed by atoms with van der Waals surface area (Å²) in [5.41, 5.74) is 0.579. The Morgan fingerprint density at radius 1 is 1.19 bits per heavy atom. The molecule has 114 valence electrons. The van der Waals surface area contributed by atoms with Gasteiger partial charge in [0.25, 0.3) is 10.0 Å². The van der Waals surface area contributed by atoms with E-state index in [9.17, 15) is 8.42 Å². The van der Waals surface area contributed by atoms with E-state index in [0.717, 1.165) is 0 Å². The summed E-state index contributed by atoms with van der Waals surface area (Å²) in [6.45, 7) is 0. The molecule has 1 aromatic rings. The van der Waals surface area contributed by atoms with E-state index in [1.807, 2.05) is 6.08 Å². The van der Waals surface area contributed by atoms with E-state index in [4.69, 9.17) is 9.47 Å². The van der Waals surface area contributed by atoms with Gasteiger partial charge >= 0.3 is 0 Å². The highest BCUT2D eigenvalue weighted by Gasteiger charge is 2.28. The van der Waals surface area contributed by atoms with Gasteiger partial charge in [0.2, 0.25) is 0 Å². The predicted octanol–water partition coefficient (Wildman–Crippen LogP) is 2.14. The molecule has 1 aliphatic carbocycles. The molecule has 21 heavy (non-hydrogen) atoms. The Bertz CT molecular complexity index is 650. The van der Waals surface area contributed by atoms with Gasteiger partial charge in [-0.2, -0.15) is 0 Å². The van der Waals surface area contributed by atoms with Gasteiger partial charge in [-0.3, -0.25) is 4.31 Å². The minimum absolute atomic E-state index is 0.160. The van der Waals surface area contributed by atoms with Crippen LogP contribution in [0.2, 0.25) is 0 Å². The predicted molar refractivity (Wildman–Crippen MR) is 80.0 cm³/mol. The van der Waals surface area contributed by atoms with Crippen molar-refractivity contribution in [2.24, 2.45) is 0 Å². The average Bonchev–Trinajstić information content (AvgIpc) is 2.54. The number of sulfonamides is 1. The molecule has 0 N–H and O–H groups in total. The van der Waals surface area contributed by atoms with Gasteiger partial charge < -0.3 is 9.47 Å². The van der Waals surface area contributed by atoms with E-state index in [1.165, 1.54) is 18.5 Å². The summed E-state index contributed by atoms with van der Waals surface area (Å²) in [5, 5.41) is 0. The minimum atomic E-state index is -3.61. The zero-order valence-electron chi connectivity index (χ0n) is 12.3. The van der Waals surface area contributed by atoms with Crippen LogP contribution >= 0.6 is 0 Å². The van der Waals surface area contributed by atoms with Gasteiger partial charge in [-0.05, 0) is 18.2 Å². The van der Waals surface area contributed by atoms with E-state index in [0.29, 0.717) is 17.9 Å². The van der Waals surface area contributed by atoms with Crippen molar-refractivity contribution in [3.8, 4) is 0 Å². The van der Waals surface area contributed by atoms with E-state index < -0.39 is 10.0 Å². The Labute approximate surface area is 125 Å². The van der Waals surface area contributed by atoms with Gasteiger partial charge in [-0.25, -0.2) is 8.42 Å². The van der Waals surface area contributed by atoms with E-state index in [2.05, 4.69) is 0 Å². The number of benzene rings is 1. The lowest BCUT2D eigenvalue weighted by molar-refractivity contribution is 0.131. The molecule has 1 atom stereocenters. The van der Waals surface area contributed by atoms with Gasteiger partial charge in [-0.15, -0.1) is 0 Å². The number of nitrogens with zero attached hydrogens (tertiary/aromatic N) is 1. The molecular weight excluding hydrogens is 290 g/mol. The van der Waals surface area contributed by atoms with E-state index in [-0.39, 0.29) is 11.0 Å². The topological polar surface area (TPSA) is 55.8 Å². The van der Waals surface area contributed by atoms with Crippen LogP contribution in [-0.4, -0.2) is 40.1 Å². The highest BCUT2D eigenvalue weighted by molar-refractivity contribution is 7.89. The fourth-order valence-corrected chi connectivity index (χ4v) is 3.45. The van der Waals surface area contributed by atoms with Crippen molar-refractivity contribution in [2.75, 3.05) is 21.3 Å². The molecule has 0 spiro atoms. The smallest absolute Gasteiger partial charge is 0.263 e. The SMILES string of the molecule is COC1=C(N(C)S(=O)(=O)c2ccccc2)CC(OC)C=C1. The largest absolute Gasteiger partial charge is 0.495 e. The van der Waals surface area contributed by atoms with Crippen LogP contribution in [0.3, 0.4) is 0 Å². The molecule has 0 bridgehead atoms. The van der Waals surface area contributed by atoms with Crippen molar-refractivity contribution in [2.45, 2.75) is 17.4 Å². The molecule has 5 nitrogen and oxygen atoms in total. The molecule has 0 fully saturated rings. The highest BCUT2D eigenvalue weighted by atomic mass is 32.2. The van der Waals surface area contributed by atoms with Crippen LogP contribution in [0.5, 0.6) is 0 Å². The second-order valence-corrected chi connectivity index (χ2v) is 6.61. The van der Waals surface area contributed by atoms with Crippen LogP contribution in [0, 0.1) is 0 Å². The molecular formula is C15H19NO4S. The normalized spacial score (nSPS) is 18.7. The third-order valence-corrected chi connectivity index (χ3v) is 5.25. The highest BCUT2D eigenvalue weighted by Crippen LogP contribution is 2.28. The summed E-state index contributed by atoms with van der Waals surface area (Å²) in [7, 11) is 1.04. The minimum Gasteiger partial charge on any atom is -0.495 e. The lowest BCUT2D eigenvalue weighted by atomic mass is 10.1. The van der Waals surface area contributed by atoms with Crippen molar-refractivity contribution in [1.29, 1.82) is 0 Å². The van der Waals surface area contributed by atoms with Crippen molar-refractivity contribution in [3.63, 3.8) is 0 Å². The third-order valence-electron chi connectivity index (χ3n) is 3.45. The van der Waals surface area contributed by atoms with Crippen molar-refractivity contribution in [1.82, 2.24) is 4.31 Å². The molecule has 0 heterocycles. The first-order chi connectivity index (χ1) is 10.0. The standard InChI is InChI=1S/C15H19NO4S/c1-16(21(17,18)13-7-5-4-6-8-13)14-11-12(19-2)9-10-15(14)20-3/h4-10,12H,11H2,1-3H3. The zero-order chi connectivity index (χ0) is 15.5. The number of hydrogen-bond donors (Lipinski definition) is 0. The van der Waals surface area contributed by atoms with Gasteiger partial charge in [-0.1, -0.05) is 24.3 Å². The van der Waals surface area contributed by atoms with Gasteiger partial charge in [0.1, 0.15) is 5.76 Å². The monoisotopic (exact) mass is 309 g/mol. The van der Waals surface area contributed by atoms with Crippen LogP contribution in [0.1, 0.15) is 6.42 Å². The number of ether oxygens (including phenoxy) is 2. The van der Waals surface area contributed by atoms with Crippen molar-refractivity contribution >= 4 is 10.0 Å². The average molecular weight is 309 g/mol. The summed E-state index contributed by atoms with van der Waals surface area (Å²) in [4.78, 5) is 0.249. The summed E-state index contributed by atoms with van der Waals surface area (Å²) in [5.74, 6) is 0.533. The fourth-order valence-electron chi connectivity index (χ4n) is 2.18. The van der Waals surface area contributed by atoms with Gasteiger partial charge in [0, 0.05) is 20.6 Å². The molecule has 0 radical (unpaired) electrons. The Balaban J connectivity index is 2.40. The van der Waals surface area contributed by atoms with Crippen LogP contribution in [0.15, 0.2) is 58.8 Å². The van der Waals surface area contributed by atoms with Crippen LogP contribution in [-0.2, 0) is 19.5 Å². The fraction of sp³-hybridized carbons (Fsp3) is 0.333. The zero-order valence-corrected chi connectivity index (χ0v) is 13.1. The molecule has 6 heteroatoms. The van der Waals surface area contributed by atoms with E-state index in [1.54, 1.807) is 43.5 Å². The number of methoxy groups -OCH3 is 2. The van der Waals surface area contributed by atoms with E-state index >= 15 is 0 Å². The van der Waals surface area contributed by atoms with Gasteiger partial charge in [0.05, 0.1) is 23.8 Å². The molecule has 0 saturated heterocycles. The third kappa shape index (κ3) is 3.11. The summed E-state index contributed by atoms with van der Waals surface area (Å²) < 4.78 is 37.1. The van der Waals surface area contributed by atoms with Crippen LogP contribution in [0.25, 0.3) is 0 Å². The van der Waals surface area contributed by atoms with Crippen molar-refractivity contribution in [3.05, 3.63) is 53.9 Å². The number of allylic oxidation sites excluding steroid dienone is 1. The molecule has 1 unspecified atom stereocenters. The van der Waals surface area contributed by atoms with Crippen molar-refractivity contribution < 1.29 is 17.9 Å². The number of hydrogen-bond acceptors (Lipinski definition) is 4. The Morgan fingerprint density at radius 3 is 2.43 bits per heavy atom.